The second-order valence-corrected chi connectivity index (χ2v) is 6.89. The number of amides is 1. The van der Waals surface area contributed by atoms with Gasteiger partial charge in [0.2, 0.25) is 0 Å². The molecule has 0 bridgehead atoms. The van der Waals surface area contributed by atoms with Crippen LogP contribution in [0.3, 0.4) is 0 Å². The van der Waals surface area contributed by atoms with E-state index >= 15 is 0 Å². The van der Waals surface area contributed by atoms with Gasteiger partial charge >= 0.3 is 6.18 Å². The van der Waals surface area contributed by atoms with Crippen LogP contribution >= 0.6 is 0 Å². The number of likely N-dealkylation sites (N-methyl/N-ethyl adjacent to an activating group) is 1. The van der Waals surface area contributed by atoms with E-state index in [1.54, 1.807) is 48.0 Å². The molecule has 1 aromatic carbocycles. The minimum absolute atomic E-state index is 0.0738. The lowest BCUT2D eigenvalue weighted by molar-refractivity contribution is -0.151. The number of ether oxygens (including phenoxy) is 1. The summed E-state index contributed by atoms with van der Waals surface area (Å²) in [6.45, 7) is 2.17. The van der Waals surface area contributed by atoms with Crippen LogP contribution in [0, 0.1) is 0 Å². The zero-order valence-corrected chi connectivity index (χ0v) is 16.5. The topological polar surface area (TPSA) is 77.4 Å². The molecule has 7 nitrogen and oxygen atoms in total. The summed E-state index contributed by atoms with van der Waals surface area (Å²) in [4.78, 5) is 15.6. The molecule has 1 aliphatic rings. The van der Waals surface area contributed by atoms with Crippen LogP contribution in [0.4, 0.5) is 13.2 Å². The lowest BCUT2D eigenvalue weighted by atomic mass is 10.2. The Labute approximate surface area is 168 Å². The molecular formula is C19H27F3N4O3. The highest BCUT2D eigenvalue weighted by Gasteiger charge is 2.38. The molecule has 0 spiro atoms. The summed E-state index contributed by atoms with van der Waals surface area (Å²) in [7, 11) is 1.60. The molecule has 2 rings (SSSR count). The Morgan fingerprint density at radius 2 is 2.14 bits per heavy atom. The highest BCUT2D eigenvalue weighted by atomic mass is 19.4. The van der Waals surface area contributed by atoms with Gasteiger partial charge in [-0.15, -0.1) is 0 Å². The van der Waals surface area contributed by atoms with Crippen molar-refractivity contribution in [1.29, 1.82) is 0 Å². The van der Waals surface area contributed by atoms with Crippen molar-refractivity contribution < 1.29 is 27.8 Å². The average molecular weight is 416 g/mol. The van der Waals surface area contributed by atoms with Gasteiger partial charge in [-0.3, -0.25) is 15.1 Å². The molecule has 1 fully saturated rings. The molecule has 2 atom stereocenters. The number of benzene rings is 1. The van der Waals surface area contributed by atoms with E-state index in [0.29, 0.717) is 25.3 Å². The minimum atomic E-state index is -4.33. The van der Waals surface area contributed by atoms with Gasteiger partial charge in [-0.1, -0.05) is 12.1 Å². The molecule has 0 aromatic heterocycles. The molecule has 162 valence electrons. The van der Waals surface area contributed by atoms with Gasteiger partial charge in [-0.05, 0) is 38.1 Å². The van der Waals surface area contributed by atoms with Gasteiger partial charge in [0.15, 0.2) is 6.61 Å². The average Bonchev–Trinajstić information content (AvgIpc) is 3.18. The summed E-state index contributed by atoms with van der Waals surface area (Å²) in [6.07, 6.45) is -4.42. The molecule has 0 saturated carbocycles. The first-order chi connectivity index (χ1) is 13.7. The van der Waals surface area contributed by atoms with Crippen LogP contribution in [0.1, 0.15) is 25.3 Å². The van der Waals surface area contributed by atoms with Gasteiger partial charge in [-0.2, -0.15) is 18.3 Å². The molecule has 2 unspecified atom stereocenters. The van der Waals surface area contributed by atoms with E-state index in [1.807, 2.05) is 0 Å². The minimum Gasteiger partial charge on any atom is -0.484 e. The van der Waals surface area contributed by atoms with Crippen molar-refractivity contribution in [2.45, 2.75) is 44.8 Å². The van der Waals surface area contributed by atoms with Crippen LogP contribution in [-0.4, -0.2) is 72.2 Å². The van der Waals surface area contributed by atoms with Crippen molar-refractivity contribution in [3.8, 4) is 5.75 Å². The highest BCUT2D eigenvalue weighted by Crippen LogP contribution is 2.25. The SMILES string of the molecule is C/C=N\NC(CC(F)(F)F)N(C)C1CCN(C(=O)COc2ccc(CO)cc2)C1. The number of nitrogens with zero attached hydrogens (tertiary/aromatic N) is 3. The number of alkyl halides is 3. The number of aliphatic hydroxyl groups excluding tert-OH is 1. The maximum Gasteiger partial charge on any atom is 0.392 e. The Bertz CT molecular complexity index is 682. The highest BCUT2D eigenvalue weighted by molar-refractivity contribution is 5.78. The largest absolute Gasteiger partial charge is 0.484 e. The fraction of sp³-hybridized carbons (Fsp3) is 0.579. The second kappa shape index (κ2) is 10.4. The monoisotopic (exact) mass is 416 g/mol. The van der Waals surface area contributed by atoms with Crippen LogP contribution in [-0.2, 0) is 11.4 Å². The van der Waals surface area contributed by atoms with E-state index < -0.39 is 18.8 Å². The predicted molar refractivity (Wildman–Crippen MR) is 102 cm³/mol. The number of hydrogen-bond acceptors (Lipinski definition) is 6. The molecule has 0 radical (unpaired) electrons. The van der Waals surface area contributed by atoms with Gasteiger partial charge < -0.3 is 14.7 Å². The van der Waals surface area contributed by atoms with Crippen molar-refractivity contribution in [2.75, 3.05) is 26.7 Å². The predicted octanol–water partition coefficient (Wildman–Crippen LogP) is 1.96. The number of nitrogens with one attached hydrogen (secondary N) is 1. The molecule has 29 heavy (non-hydrogen) atoms. The number of halogens is 3. The fourth-order valence-corrected chi connectivity index (χ4v) is 3.14. The molecule has 10 heteroatoms. The first-order valence-electron chi connectivity index (χ1n) is 9.35. The summed E-state index contributed by atoms with van der Waals surface area (Å²) in [5.41, 5.74) is 3.27. The third-order valence-corrected chi connectivity index (χ3v) is 4.83. The molecule has 1 saturated heterocycles. The van der Waals surface area contributed by atoms with E-state index in [0.717, 1.165) is 5.56 Å². The quantitative estimate of drug-likeness (QED) is 0.366. The van der Waals surface area contributed by atoms with Crippen molar-refractivity contribution >= 4 is 12.1 Å². The Kier molecular flexibility index (Phi) is 8.27. The van der Waals surface area contributed by atoms with Crippen molar-refractivity contribution in [3.63, 3.8) is 0 Å². The van der Waals surface area contributed by atoms with E-state index in [2.05, 4.69) is 10.5 Å². The van der Waals surface area contributed by atoms with Gasteiger partial charge in [0.05, 0.1) is 13.0 Å². The van der Waals surface area contributed by atoms with Crippen LogP contribution in [0.25, 0.3) is 0 Å². The van der Waals surface area contributed by atoms with E-state index in [4.69, 9.17) is 9.84 Å². The van der Waals surface area contributed by atoms with Gasteiger partial charge in [-0.25, -0.2) is 0 Å². The number of rotatable bonds is 9. The fourth-order valence-electron chi connectivity index (χ4n) is 3.14. The standard InChI is InChI=1S/C19H27F3N4O3/c1-3-23-24-17(10-19(20,21)22)25(2)15-8-9-26(11-15)18(28)13-29-16-6-4-14(12-27)5-7-16/h3-7,15,17,24,27H,8-13H2,1-2H3/b23-3-. The lowest BCUT2D eigenvalue weighted by Gasteiger charge is -2.33. The van der Waals surface area contributed by atoms with Gasteiger partial charge in [0, 0.05) is 25.3 Å². The molecule has 0 aliphatic carbocycles. The smallest absolute Gasteiger partial charge is 0.392 e. The Hall–Kier alpha value is -2.33. The maximum absolute atomic E-state index is 12.9. The summed E-state index contributed by atoms with van der Waals surface area (Å²) < 4.78 is 44.1. The van der Waals surface area contributed by atoms with Crippen LogP contribution < -0.4 is 10.2 Å². The van der Waals surface area contributed by atoms with E-state index in [-0.39, 0.29) is 25.2 Å². The van der Waals surface area contributed by atoms with Crippen molar-refractivity contribution in [3.05, 3.63) is 29.8 Å². The summed E-state index contributed by atoms with van der Waals surface area (Å²) in [6, 6.07) is 6.53. The lowest BCUT2D eigenvalue weighted by Crippen LogP contribution is -2.50. The zero-order chi connectivity index (χ0) is 21.4. The third kappa shape index (κ3) is 7.21. The first kappa shape index (κ1) is 23.0. The summed E-state index contributed by atoms with van der Waals surface area (Å²) in [5.74, 6) is 0.286. The second-order valence-electron chi connectivity index (χ2n) is 6.89. The molecule has 1 aromatic rings. The van der Waals surface area contributed by atoms with Crippen molar-refractivity contribution in [2.24, 2.45) is 5.10 Å². The van der Waals surface area contributed by atoms with Gasteiger partial charge in [0.1, 0.15) is 11.9 Å². The Morgan fingerprint density at radius 3 is 2.72 bits per heavy atom. The maximum atomic E-state index is 12.9. The zero-order valence-electron chi connectivity index (χ0n) is 16.5. The van der Waals surface area contributed by atoms with Crippen molar-refractivity contribution in [1.82, 2.24) is 15.2 Å². The number of hydrazone groups is 1. The van der Waals surface area contributed by atoms with Crippen LogP contribution in [0.15, 0.2) is 29.4 Å². The first-order valence-corrected chi connectivity index (χ1v) is 9.35. The Morgan fingerprint density at radius 1 is 1.45 bits per heavy atom. The number of carbonyl (C=O) groups is 1. The third-order valence-electron chi connectivity index (χ3n) is 4.83. The molecular weight excluding hydrogens is 389 g/mol. The Balaban J connectivity index is 1.88. The van der Waals surface area contributed by atoms with E-state index in [9.17, 15) is 18.0 Å². The summed E-state index contributed by atoms with van der Waals surface area (Å²) >= 11 is 0. The molecule has 1 aliphatic heterocycles. The molecule has 1 amide bonds. The van der Waals surface area contributed by atoms with Crippen LogP contribution in [0.5, 0.6) is 5.75 Å². The molecule has 2 N–H and O–H groups in total. The van der Waals surface area contributed by atoms with E-state index in [1.165, 1.54) is 6.21 Å². The number of carbonyl (C=O) groups excluding carboxylic acids is 1. The van der Waals surface area contributed by atoms with Crippen LogP contribution in [0.2, 0.25) is 0 Å². The number of likely N-dealkylation sites (tertiary alicyclic amines) is 1. The molecule has 1 heterocycles. The number of aliphatic hydroxyl groups is 1. The number of hydrogen-bond donors (Lipinski definition) is 2. The summed E-state index contributed by atoms with van der Waals surface area (Å²) in [5, 5.41) is 12.8. The normalized spacial score (nSPS) is 18.4. The van der Waals surface area contributed by atoms with Gasteiger partial charge in [0.25, 0.3) is 5.91 Å².